The fourth-order valence-electron chi connectivity index (χ4n) is 1.97. The second-order valence-electron chi connectivity index (χ2n) is 6.43. The van der Waals surface area contributed by atoms with Crippen LogP contribution in [0.4, 0.5) is 0 Å². The van der Waals surface area contributed by atoms with E-state index in [0.29, 0.717) is 18.4 Å². The molecule has 0 saturated carbocycles. The molecule has 1 rings (SSSR count). The molecule has 0 aromatic carbocycles. The van der Waals surface area contributed by atoms with Gasteiger partial charge in [-0.2, -0.15) is 4.98 Å². The molecule has 1 aromatic rings. The maximum Gasteiger partial charge on any atom is 0.228 e. The Morgan fingerprint density at radius 2 is 2.00 bits per heavy atom. The van der Waals surface area contributed by atoms with Crippen LogP contribution in [0.15, 0.2) is 4.52 Å². The summed E-state index contributed by atoms with van der Waals surface area (Å²) in [4.78, 5) is 4.46. The van der Waals surface area contributed by atoms with Gasteiger partial charge >= 0.3 is 0 Å². The molecule has 0 aliphatic carbocycles. The highest BCUT2D eigenvalue weighted by atomic mass is 16.5. The van der Waals surface area contributed by atoms with Gasteiger partial charge in [0, 0.05) is 26.0 Å². The lowest BCUT2D eigenvalue weighted by Crippen LogP contribution is -2.42. The minimum absolute atomic E-state index is 0.108. The van der Waals surface area contributed by atoms with Crippen LogP contribution < -0.4 is 5.32 Å². The molecule has 0 bridgehead atoms. The zero-order chi connectivity index (χ0) is 15.2. The first-order valence-corrected chi connectivity index (χ1v) is 7.44. The Morgan fingerprint density at radius 1 is 1.30 bits per heavy atom. The molecule has 0 amide bonds. The van der Waals surface area contributed by atoms with Gasteiger partial charge in [-0.1, -0.05) is 32.9 Å². The molecule has 0 radical (unpaired) electrons. The predicted octanol–water partition coefficient (Wildman–Crippen LogP) is 2.60. The largest absolute Gasteiger partial charge is 0.381 e. The molecule has 0 fully saturated rings. The van der Waals surface area contributed by atoms with E-state index >= 15 is 0 Å². The first-order chi connectivity index (χ1) is 9.36. The maximum absolute atomic E-state index is 5.36. The zero-order valence-corrected chi connectivity index (χ0v) is 13.7. The van der Waals surface area contributed by atoms with Crippen LogP contribution >= 0.6 is 0 Å². The quantitative estimate of drug-likeness (QED) is 0.794. The molecule has 20 heavy (non-hydrogen) atoms. The van der Waals surface area contributed by atoms with E-state index in [2.05, 4.69) is 43.2 Å². The van der Waals surface area contributed by atoms with Gasteiger partial charge in [-0.15, -0.1) is 0 Å². The lowest BCUT2D eigenvalue weighted by molar-refractivity contribution is 0.116. The summed E-state index contributed by atoms with van der Waals surface area (Å²) in [6.45, 7) is 11.9. The molecule has 1 aromatic heterocycles. The van der Waals surface area contributed by atoms with Gasteiger partial charge in [0.1, 0.15) is 0 Å². The number of methoxy groups -OCH3 is 1. The molecule has 5 nitrogen and oxygen atoms in total. The summed E-state index contributed by atoms with van der Waals surface area (Å²) in [5, 5.41) is 7.59. The molecule has 0 aliphatic rings. The topological polar surface area (TPSA) is 60.2 Å². The van der Waals surface area contributed by atoms with E-state index in [1.807, 2.05) is 6.92 Å². The average Bonchev–Trinajstić information content (AvgIpc) is 2.80. The summed E-state index contributed by atoms with van der Waals surface area (Å²) in [5.74, 6) is 1.42. The predicted molar refractivity (Wildman–Crippen MR) is 79.7 cm³/mol. The Hall–Kier alpha value is -0.940. The van der Waals surface area contributed by atoms with Crippen LogP contribution in [0.1, 0.15) is 52.8 Å². The number of hydrogen-bond donors (Lipinski definition) is 1. The molecule has 2 unspecified atom stereocenters. The van der Waals surface area contributed by atoms with Crippen molar-refractivity contribution < 1.29 is 9.26 Å². The number of hydrogen-bond acceptors (Lipinski definition) is 5. The number of nitrogens with one attached hydrogen (secondary N) is 1. The zero-order valence-electron chi connectivity index (χ0n) is 13.7. The van der Waals surface area contributed by atoms with Crippen LogP contribution in [0.5, 0.6) is 0 Å². The lowest BCUT2D eigenvalue weighted by Gasteiger charge is -2.30. The summed E-state index contributed by atoms with van der Waals surface area (Å²) in [6, 6.07) is 0.329. The van der Waals surface area contributed by atoms with Gasteiger partial charge in [0.15, 0.2) is 5.82 Å². The smallest absolute Gasteiger partial charge is 0.228 e. The average molecular weight is 283 g/mol. The van der Waals surface area contributed by atoms with Crippen molar-refractivity contribution in [2.45, 2.75) is 66.0 Å². The number of aromatic nitrogens is 2. The van der Waals surface area contributed by atoms with Crippen molar-refractivity contribution in [1.82, 2.24) is 15.5 Å². The molecular weight excluding hydrogens is 254 g/mol. The van der Waals surface area contributed by atoms with Gasteiger partial charge in [0.05, 0.1) is 6.10 Å². The normalized spacial score (nSPS) is 15.3. The number of nitrogens with zero attached hydrogens (tertiary/aromatic N) is 2. The highest BCUT2D eigenvalue weighted by Gasteiger charge is 2.26. The molecule has 1 heterocycles. The summed E-state index contributed by atoms with van der Waals surface area (Å²) < 4.78 is 10.6. The highest BCUT2D eigenvalue weighted by Crippen LogP contribution is 2.22. The Bertz CT molecular complexity index is 385. The van der Waals surface area contributed by atoms with E-state index in [4.69, 9.17) is 9.26 Å². The SMILES string of the molecule is CCCNC(Cc1nc(CC(C)OC)no1)C(C)(C)C. The van der Waals surface area contributed by atoms with Crippen LogP contribution in [0.2, 0.25) is 0 Å². The third-order valence-corrected chi connectivity index (χ3v) is 3.45. The van der Waals surface area contributed by atoms with Crippen molar-refractivity contribution in [2.75, 3.05) is 13.7 Å². The van der Waals surface area contributed by atoms with Crippen molar-refractivity contribution in [3.8, 4) is 0 Å². The molecular formula is C15H29N3O2. The van der Waals surface area contributed by atoms with Crippen LogP contribution in [0.3, 0.4) is 0 Å². The van der Waals surface area contributed by atoms with Crippen LogP contribution in [0, 0.1) is 5.41 Å². The number of ether oxygens (including phenoxy) is 1. The van der Waals surface area contributed by atoms with Crippen molar-refractivity contribution >= 4 is 0 Å². The minimum Gasteiger partial charge on any atom is -0.381 e. The molecule has 0 spiro atoms. The van der Waals surface area contributed by atoms with E-state index in [9.17, 15) is 0 Å². The van der Waals surface area contributed by atoms with E-state index < -0.39 is 0 Å². The van der Waals surface area contributed by atoms with Gasteiger partial charge in [-0.05, 0) is 25.3 Å². The maximum atomic E-state index is 5.36. The third-order valence-electron chi connectivity index (χ3n) is 3.45. The minimum atomic E-state index is 0.108. The summed E-state index contributed by atoms with van der Waals surface area (Å²) in [6.07, 6.45) is 2.67. The first kappa shape index (κ1) is 17.1. The lowest BCUT2D eigenvalue weighted by atomic mass is 9.84. The van der Waals surface area contributed by atoms with Crippen LogP contribution in [0.25, 0.3) is 0 Å². The first-order valence-electron chi connectivity index (χ1n) is 7.44. The van der Waals surface area contributed by atoms with Crippen LogP contribution in [-0.2, 0) is 17.6 Å². The molecule has 116 valence electrons. The Labute approximate surface area is 122 Å². The van der Waals surface area contributed by atoms with Gasteiger partial charge in [-0.25, -0.2) is 0 Å². The Kier molecular flexibility index (Phi) is 6.62. The van der Waals surface area contributed by atoms with Crippen molar-refractivity contribution in [1.29, 1.82) is 0 Å². The van der Waals surface area contributed by atoms with Crippen molar-refractivity contribution in [2.24, 2.45) is 5.41 Å². The molecule has 5 heteroatoms. The summed E-state index contributed by atoms with van der Waals surface area (Å²) >= 11 is 0. The Balaban J connectivity index is 2.64. The van der Waals surface area contributed by atoms with Crippen molar-refractivity contribution in [3.63, 3.8) is 0 Å². The van der Waals surface area contributed by atoms with E-state index in [1.165, 1.54) is 0 Å². The van der Waals surface area contributed by atoms with Gasteiger partial charge in [0.2, 0.25) is 5.89 Å². The molecule has 2 atom stereocenters. The van der Waals surface area contributed by atoms with E-state index in [0.717, 1.165) is 25.2 Å². The molecule has 0 saturated heterocycles. The van der Waals surface area contributed by atoms with Crippen LogP contribution in [-0.4, -0.2) is 35.9 Å². The van der Waals surface area contributed by atoms with Gasteiger partial charge in [-0.3, -0.25) is 0 Å². The van der Waals surface area contributed by atoms with E-state index in [1.54, 1.807) is 7.11 Å². The molecule has 0 aliphatic heterocycles. The van der Waals surface area contributed by atoms with Crippen molar-refractivity contribution in [3.05, 3.63) is 11.7 Å². The van der Waals surface area contributed by atoms with Gasteiger partial charge in [0.25, 0.3) is 0 Å². The van der Waals surface area contributed by atoms with E-state index in [-0.39, 0.29) is 11.5 Å². The highest BCUT2D eigenvalue weighted by molar-refractivity contribution is 4.94. The monoisotopic (exact) mass is 283 g/mol. The number of rotatable bonds is 8. The summed E-state index contributed by atoms with van der Waals surface area (Å²) in [7, 11) is 1.69. The second-order valence-corrected chi connectivity index (χ2v) is 6.43. The fourth-order valence-corrected chi connectivity index (χ4v) is 1.97. The Morgan fingerprint density at radius 3 is 2.55 bits per heavy atom. The second kappa shape index (κ2) is 7.74. The standard InChI is InChI=1S/C15H29N3O2/c1-7-8-16-12(15(3,4)5)10-14-17-13(18-20-14)9-11(2)19-6/h11-12,16H,7-10H2,1-6H3. The fraction of sp³-hybridized carbons (Fsp3) is 0.867. The summed E-state index contributed by atoms with van der Waals surface area (Å²) in [5.41, 5.74) is 0.156. The van der Waals surface area contributed by atoms with Gasteiger partial charge < -0.3 is 14.6 Å². The third kappa shape index (κ3) is 5.59. The molecule has 1 N–H and O–H groups in total.